The summed E-state index contributed by atoms with van der Waals surface area (Å²) in [6.07, 6.45) is 1.22. The zero-order chi connectivity index (χ0) is 12.7. The number of carboxylic acids is 1. The molecule has 1 aliphatic heterocycles. The summed E-state index contributed by atoms with van der Waals surface area (Å²) in [5.74, 6) is -1.00. The first-order valence-electron chi connectivity index (χ1n) is 5.68. The number of aliphatic carboxylic acids is 1. The first kappa shape index (κ1) is 11.9. The van der Waals surface area contributed by atoms with Crippen LogP contribution in [-0.2, 0) is 17.8 Å². The minimum Gasteiger partial charge on any atom is -0.481 e. The molecule has 2 aromatic heterocycles. The Morgan fingerprint density at radius 1 is 1.61 bits per heavy atom. The number of imidazole rings is 1. The van der Waals surface area contributed by atoms with Crippen LogP contribution in [0.4, 0.5) is 0 Å². The summed E-state index contributed by atoms with van der Waals surface area (Å²) >= 11 is 5.08. The molecule has 2 aromatic rings. The van der Waals surface area contributed by atoms with Crippen LogP contribution in [-0.4, -0.2) is 20.6 Å². The molecule has 0 amide bonds. The van der Waals surface area contributed by atoms with Gasteiger partial charge in [-0.15, -0.1) is 11.3 Å². The quantitative estimate of drug-likeness (QED) is 0.922. The van der Waals surface area contributed by atoms with Gasteiger partial charge in [0.05, 0.1) is 10.8 Å². The predicted molar refractivity (Wildman–Crippen MR) is 72.7 cm³/mol. The van der Waals surface area contributed by atoms with Gasteiger partial charge >= 0.3 is 5.97 Å². The molecule has 18 heavy (non-hydrogen) atoms. The lowest BCUT2D eigenvalue weighted by Gasteiger charge is -2.21. The molecule has 4 nitrogen and oxygen atoms in total. The van der Waals surface area contributed by atoms with Crippen molar-refractivity contribution in [3.05, 3.63) is 27.9 Å². The summed E-state index contributed by atoms with van der Waals surface area (Å²) in [5, 5.41) is 11.2. The average molecular weight is 327 g/mol. The van der Waals surface area contributed by atoms with E-state index in [-0.39, 0.29) is 5.92 Å². The predicted octanol–water partition coefficient (Wildman–Crippen LogP) is 3.02. The first-order chi connectivity index (χ1) is 8.66. The summed E-state index contributed by atoms with van der Waals surface area (Å²) in [5.41, 5.74) is 1.95. The molecule has 0 radical (unpaired) electrons. The Morgan fingerprint density at radius 3 is 3.11 bits per heavy atom. The van der Waals surface area contributed by atoms with Crippen LogP contribution in [0.15, 0.2) is 22.2 Å². The minimum atomic E-state index is -0.712. The Morgan fingerprint density at radius 2 is 2.44 bits per heavy atom. The molecule has 94 valence electrons. The molecule has 0 saturated carbocycles. The third-order valence-electron chi connectivity index (χ3n) is 3.27. The maximum Gasteiger partial charge on any atom is 0.306 e. The number of carbonyl (C=O) groups is 1. The molecule has 1 N–H and O–H groups in total. The fourth-order valence-electron chi connectivity index (χ4n) is 2.33. The maximum atomic E-state index is 11.1. The van der Waals surface area contributed by atoms with Crippen molar-refractivity contribution < 1.29 is 9.90 Å². The van der Waals surface area contributed by atoms with Crippen molar-refractivity contribution in [3.63, 3.8) is 0 Å². The van der Waals surface area contributed by atoms with E-state index >= 15 is 0 Å². The second-order valence-corrected chi connectivity index (χ2v) is 5.99. The van der Waals surface area contributed by atoms with Gasteiger partial charge in [0.2, 0.25) is 0 Å². The summed E-state index contributed by atoms with van der Waals surface area (Å²) in [6, 6.07) is 4.00. The lowest BCUT2D eigenvalue weighted by atomic mass is 9.95. The summed E-state index contributed by atoms with van der Waals surface area (Å²) in [4.78, 5) is 16.7. The van der Waals surface area contributed by atoms with Gasteiger partial charge in [-0.25, -0.2) is 4.98 Å². The molecule has 1 atom stereocenters. The highest BCUT2D eigenvalue weighted by atomic mass is 79.9. The van der Waals surface area contributed by atoms with Crippen LogP contribution in [0, 0.1) is 5.92 Å². The van der Waals surface area contributed by atoms with E-state index in [0.29, 0.717) is 19.4 Å². The lowest BCUT2D eigenvalue weighted by molar-refractivity contribution is -0.142. The number of rotatable bonds is 2. The summed E-state index contributed by atoms with van der Waals surface area (Å²) < 4.78 is 2.87. The Hall–Kier alpha value is -1.14. The Labute approximate surface area is 116 Å². The van der Waals surface area contributed by atoms with E-state index in [1.807, 2.05) is 17.5 Å². The Kier molecular flexibility index (Phi) is 2.99. The van der Waals surface area contributed by atoms with E-state index in [9.17, 15) is 4.79 Å². The molecule has 0 fully saturated rings. The molecule has 1 unspecified atom stereocenters. The molecule has 3 heterocycles. The van der Waals surface area contributed by atoms with Gasteiger partial charge in [0.15, 0.2) is 4.73 Å². The van der Waals surface area contributed by atoms with Crippen molar-refractivity contribution in [3.8, 4) is 10.6 Å². The molecule has 0 spiro atoms. The molecule has 0 saturated heterocycles. The molecule has 1 aliphatic rings. The largest absolute Gasteiger partial charge is 0.481 e. The maximum absolute atomic E-state index is 11.1. The van der Waals surface area contributed by atoms with Gasteiger partial charge in [0, 0.05) is 18.7 Å². The van der Waals surface area contributed by atoms with Crippen molar-refractivity contribution in [2.24, 2.45) is 5.92 Å². The fourth-order valence-corrected chi connectivity index (χ4v) is 3.64. The molecular weight excluding hydrogens is 316 g/mol. The van der Waals surface area contributed by atoms with Crippen molar-refractivity contribution >= 4 is 33.2 Å². The highest BCUT2D eigenvalue weighted by molar-refractivity contribution is 9.10. The van der Waals surface area contributed by atoms with Gasteiger partial charge < -0.3 is 9.67 Å². The molecule has 0 bridgehead atoms. The zero-order valence-corrected chi connectivity index (χ0v) is 11.9. The van der Waals surface area contributed by atoms with Gasteiger partial charge in [-0.1, -0.05) is 6.07 Å². The fraction of sp³-hybridized carbons (Fsp3) is 0.333. The van der Waals surface area contributed by atoms with Crippen molar-refractivity contribution in [1.82, 2.24) is 9.55 Å². The topological polar surface area (TPSA) is 55.1 Å². The number of nitrogens with zero attached hydrogens (tertiary/aromatic N) is 2. The van der Waals surface area contributed by atoms with E-state index in [4.69, 9.17) is 5.11 Å². The van der Waals surface area contributed by atoms with Crippen molar-refractivity contribution in [1.29, 1.82) is 0 Å². The van der Waals surface area contributed by atoms with Gasteiger partial charge in [-0.05, 0) is 33.8 Å². The Balaban J connectivity index is 2.06. The van der Waals surface area contributed by atoms with Gasteiger partial charge in [0.25, 0.3) is 0 Å². The number of hydrogen-bond acceptors (Lipinski definition) is 3. The van der Waals surface area contributed by atoms with Crippen LogP contribution in [0.5, 0.6) is 0 Å². The van der Waals surface area contributed by atoms with E-state index in [1.165, 1.54) is 0 Å². The Bertz CT molecular complexity index is 591. The number of aromatic nitrogens is 2. The zero-order valence-electron chi connectivity index (χ0n) is 9.47. The first-order valence-corrected chi connectivity index (χ1v) is 7.35. The summed E-state index contributed by atoms with van der Waals surface area (Å²) in [7, 11) is 0. The second-order valence-electron chi connectivity index (χ2n) is 4.33. The van der Waals surface area contributed by atoms with Crippen molar-refractivity contribution in [2.75, 3.05) is 0 Å². The second kappa shape index (κ2) is 4.51. The van der Waals surface area contributed by atoms with Crippen LogP contribution < -0.4 is 0 Å². The van der Waals surface area contributed by atoms with E-state index in [0.717, 1.165) is 21.0 Å². The van der Waals surface area contributed by atoms with Gasteiger partial charge in [-0.3, -0.25) is 4.79 Å². The SMILES string of the molecule is O=C(O)C1CCn2c(Br)nc(-c3cccs3)c2C1. The van der Waals surface area contributed by atoms with Crippen LogP contribution in [0.25, 0.3) is 10.6 Å². The van der Waals surface area contributed by atoms with Crippen molar-refractivity contribution in [2.45, 2.75) is 19.4 Å². The highest BCUT2D eigenvalue weighted by Gasteiger charge is 2.29. The van der Waals surface area contributed by atoms with Gasteiger partial charge in [-0.2, -0.15) is 0 Å². The third-order valence-corrected chi connectivity index (χ3v) is 4.75. The van der Waals surface area contributed by atoms with E-state index < -0.39 is 5.97 Å². The summed E-state index contributed by atoms with van der Waals surface area (Å²) in [6.45, 7) is 0.714. The standard InChI is InChI=1S/C12H11BrN2O2S/c13-12-14-10(9-2-1-5-18-9)8-6-7(11(16)17)3-4-15(8)12/h1-2,5,7H,3-4,6H2,(H,16,17). The number of thiophene rings is 1. The molecule has 6 heteroatoms. The van der Waals surface area contributed by atoms with Crippen LogP contribution in [0.3, 0.4) is 0 Å². The average Bonchev–Trinajstić information content (AvgIpc) is 2.97. The number of carboxylic acid groups (broad SMARTS) is 1. The molecule has 0 aromatic carbocycles. The third kappa shape index (κ3) is 1.89. The molecule has 3 rings (SSSR count). The van der Waals surface area contributed by atoms with Crippen LogP contribution in [0.1, 0.15) is 12.1 Å². The molecule has 0 aliphatic carbocycles. The highest BCUT2D eigenvalue weighted by Crippen LogP contribution is 2.34. The number of hydrogen-bond donors (Lipinski definition) is 1. The van der Waals surface area contributed by atoms with E-state index in [1.54, 1.807) is 11.3 Å². The van der Waals surface area contributed by atoms with Crippen LogP contribution >= 0.6 is 27.3 Å². The van der Waals surface area contributed by atoms with E-state index in [2.05, 4.69) is 25.5 Å². The molecular formula is C12H11BrN2O2S. The smallest absolute Gasteiger partial charge is 0.306 e. The monoisotopic (exact) mass is 326 g/mol. The lowest BCUT2D eigenvalue weighted by Crippen LogP contribution is -2.25. The van der Waals surface area contributed by atoms with Crippen LogP contribution in [0.2, 0.25) is 0 Å². The minimum absolute atomic E-state index is 0.292. The van der Waals surface area contributed by atoms with Gasteiger partial charge in [0.1, 0.15) is 5.69 Å². The normalized spacial score (nSPS) is 18.6. The number of halogens is 1. The number of fused-ring (bicyclic) bond motifs is 1.